The number of hydrogen-bond donors (Lipinski definition) is 0. The molecule has 46 heavy (non-hydrogen) atoms. The Labute approximate surface area is 259 Å². The predicted molar refractivity (Wildman–Crippen MR) is 151 cm³/mol. The molecule has 4 rings (SSSR count). The van der Waals surface area contributed by atoms with E-state index in [0.29, 0.717) is 5.39 Å². The van der Waals surface area contributed by atoms with Crippen LogP contribution in [0.25, 0.3) is 21.7 Å². The smallest absolute Gasteiger partial charge is 0.344 e. The molecule has 16 heteroatoms. The van der Waals surface area contributed by atoms with Crippen molar-refractivity contribution in [1.29, 1.82) is 0 Å². The van der Waals surface area contributed by atoms with E-state index in [9.17, 15) is 33.6 Å². The summed E-state index contributed by atoms with van der Waals surface area (Å²) in [5.74, 6) is -5.39. The molecule has 2 heterocycles. The fourth-order valence-electron chi connectivity index (χ4n) is 4.77. The Bertz CT molecular complexity index is 1790. The Hall–Kier alpha value is -5.51. The molecule has 0 radical (unpaired) electrons. The van der Waals surface area contributed by atoms with Crippen molar-refractivity contribution >= 4 is 57.6 Å². The van der Waals surface area contributed by atoms with Crippen molar-refractivity contribution in [1.82, 2.24) is 0 Å². The molecule has 1 aromatic heterocycles. The van der Waals surface area contributed by atoms with E-state index in [0.717, 1.165) is 41.7 Å². The van der Waals surface area contributed by atoms with Crippen LogP contribution in [0.15, 0.2) is 39.5 Å². The molecule has 5 atom stereocenters. The van der Waals surface area contributed by atoms with Crippen LogP contribution in [0.4, 0.5) is 0 Å². The minimum atomic E-state index is -1.69. The van der Waals surface area contributed by atoms with Gasteiger partial charge in [-0.2, -0.15) is 0 Å². The molecule has 0 spiro atoms. The first kappa shape index (κ1) is 33.4. The van der Waals surface area contributed by atoms with E-state index in [1.807, 2.05) is 0 Å². The van der Waals surface area contributed by atoms with Crippen LogP contribution in [0.3, 0.4) is 0 Å². The SMILES string of the molecule is COC(=O)[C@H]1O[C@@H](Oc2ccc3c(c2)oc(=O)c2cc(OC(C)=O)c(OC(C)=O)cc23)[C@H](OC(C)=O)[C@@H](OC(C)=O)[C@@H]1OC(C)=O. The number of hydrogen-bond acceptors (Lipinski definition) is 16. The number of carbonyl (C=O) groups excluding carboxylic acids is 6. The fourth-order valence-corrected chi connectivity index (χ4v) is 4.77. The number of fused-ring (bicyclic) bond motifs is 3. The number of rotatable bonds is 8. The molecule has 0 amide bonds. The lowest BCUT2D eigenvalue weighted by atomic mass is 9.97. The Balaban J connectivity index is 1.81. The molecule has 2 aromatic carbocycles. The third kappa shape index (κ3) is 7.40. The molecular formula is C30H28O16. The molecule has 1 fully saturated rings. The van der Waals surface area contributed by atoms with Gasteiger partial charge in [0.25, 0.3) is 0 Å². The summed E-state index contributed by atoms with van der Waals surface area (Å²) in [4.78, 5) is 85.0. The third-order valence-corrected chi connectivity index (χ3v) is 6.34. The summed E-state index contributed by atoms with van der Waals surface area (Å²) in [5.41, 5.74) is -0.873. The van der Waals surface area contributed by atoms with Gasteiger partial charge in [0, 0.05) is 51.5 Å². The summed E-state index contributed by atoms with van der Waals surface area (Å²) in [6, 6.07) is 6.70. The first-order chi connectivity index (χ1) is 21.7. The number of carbonyl (C=O) groups is 6. The zero-order valence-corrected chi connectivity index (χ0v) is 25.3. The quantitative estimate of drug-likeness (QED) is 0.113. The largest absolute Gasteiger partial charge is 0.467 e. The van der Waals surface area contributed by atoms with E-state index >= 15 is 0 Å². The second-order valence-electron chi connectivity index (χ2n) is 9.87. The summed E-state index contributed by atoms with van der Waals surface area (Å²) in [5, 5.41) is 0.605. The van der Waals surface area contributed by atoms with Gasteiger partial charge >= 0.3 is 41.4 Å². The minimum absolute atomic E-state index is 0.000475. The highest BCUT2D eigenvalue weighted by molar-refractivity contribution is 6.06. The van der Waals surface area contributed by atoms with Crippen LogP contribution in [0, 0.1) is 0 Å². The van der Waals surface area contributed by atoms with Crippen LogP contribution in [0.5, 0.6) is 17.2 Å². The van der Waals surface area contributed by atoms with Gasteiger partial charge in [-0.3, -0.25) is 24.0 Å². The first-order valence-corrected chi connectivity index (χ1v) is 13.5. The number of methoxy groups -OCH3 is 1. The Morgan fingerprint density at radius 1 is 0.652 bits per heavy atom. The van der Waals surface area contributed by atoms with E-state index < -0.39 is 72.1 Å². The van der Waals surface area contributed by atoms with Gasteiger partial charge in [0.15, 0.2) is 29.8 Å². The van der Waals surface area contributed by atoms with E-state index in [4.69, 9.17) is 42.3 Å². The van der Waals surface area contributed by atoms with Gasteiger partial charge in [0.05, 0.1) is 12.5 Å². The number of benzene rings is 2. The third-order valence-electron chi connectivity index (χ3n) is 6.34. The van der Waals surface area contributed by atoms with Crippen LogP contribution in [-0.2, 0) is 52.5 Å². The fraction of sp³-hybridized carbons (Fsp3) is 0.367. The normalized spacial score (nSPS) is 20.7. The Morgan fingerprint density at radius 2 is 1.20 bits per heavy atom. The van der Waals surface area contributed by atoms with Crippen molar-refractivity contribution in [3.05, 3.63) is 40.8 Å². The van der Waals surface area contributed by atoms with Gasteiger partial charge in [-0.15, -0.1) is 0 Å². The van der Waals surface area contributed by atoms with Crippen molar-refractivity contribution in [3.8, 4) is 17.2 Å². The average molecular weight is 645 g/mol. The summed E-state index contributed by atoms with van der Waals surface area (Å²) in [6.07, 6.45) is -8.10. The minimum Gasteiger partial charge on any atom is -0.467 e. The molecule has 3 aromatic rings. The maximum absolute atomic E-state index is 13.0. The standard InChI is InChI=1S/C30H28O16/c1-12(31)39-22-10-19-18-8-7-17(9-21(18)45-28(36)20(19)11-23(22)40-13(2)32)44-30-27(43-16(5)35)25(42-15(4)34)24(41-14(3)33)26(46-30)29(37)38-6/h7-11,24-27,30H,1-6H3/t24-,25-,26-,27+,30+/m0/s1. The molecule has 1 saturated heterocycles. The second-order valence-corrected chi connectivity index (χ2v) is 9.87. The summed E-state index contributed by atoms with van der Waals surface area (Å²) < 4.78 is 48.1. The summed E-state index contributed by atoms with van der Waals surface area (Å²) in [7, 11) is 1.04. The zero-order valence-electron chi connectivity index (χ0n) is 25.3. The van der Waals surface area contributed by atoms with Crippen molar-refractivity contribution < 1.29 is 71.1 Å². The van der Waals surface area contributed by atoms with Crippen LogP contribution >= 0.6 is 0 Å². The Kier molecular flexibility index (Phi) is 9.90. The van der Waals surface area contributed by atoms with Gasteiger partial charge in [-0.1, -0.05) is 0 Å². The van der Waals surface area contributed by atoms with E-state index in [-0.39, 0.29) is 33.6 Å². The molecule has 1 aliphatic rings. The topological polar surface area (TPSA) is 206 Å². The maximum Gasteiger partial charge on any atom is 0.344 e. The Morgan fingerprint density at radius 3 is 1.74 bits per heavy atom. The van der Waals surface area contributed by atoms with Crippen molar-refractivity contribution in [2.24, 2.45) is 0 Å². The highest BCUT2D eigenvalue weighted by Gasteiger charge is 2.55. The van der Waals surface area contributed by atoms with E-state index in [1.54, 1.807) is 0 Å². The lowest BCUT2D eigenvalue weighted by molar-refractivity contribution is -0.282. The summed E-state index contributed by atoms with van der Waals surface area (Å²) >= 11 is 0. The second kappa shape index (κ2) is 13.6. The lowest BCUT2D eigenvalue weighted by Gasteiger charge is -2.43. The highest BCUT2D eigenvalue weighted by atomic mass is 16.7. The highest BCUT2D eigenvalue weighted by Crippen LogP contribution is 2.37. The molecule has 0 unspecified atom stereocenters. The van der Waals surface area contributed by atoms with Crippen LogP contribution in [0.2, 0.25) is 0 Å². The molecule has 16 nitrogen and oxygen atoms in total. The zero-order chi connectivity index (χ0) is 33.9. The molecule has 244 valence electrons. The number of ether oxygens (including phenoxy) is 8. The lowest BCUT2D eigenvalue weighted by Crippen LogP contribution is -2.64. The van der Waals surface area contributed by atoms with Gasteiger partial charge < -0.3 is 42.3 Å². The van der Waals surface area contributed by atoms with Gasteiger partial charge in [0.2, 0.25) is 12.4 Å². The molecule has 0 saturated carbocycles. The van der Waals surface area contributed by atoms with Gasteiger partial charge in [-0.05, 0) is 24.3 Å². The summed E-state index contributed by atoms with van der Waals surface area (Å²) in [6.45, 7) is 5.42. The molecular weight excluding hydrogens is 616 g/mol. The molecule has 0 N–H and O–H groups in total. The van der Waals surface area contributed by atoms with Gasteiger partial charge in [-0.25, -0.2) is 9.59 Å². The van der Waals surface area contributed by atoms with Crippen molar-refractivity contribution in [2.45, 2.75) is 65.3 Å². The van der Waals surface area contributed by atoms with E-state index in [1.165, 1.54) is 30.3 Å². The maximum atomic E-state index is 13.0. The predicted octanol–water partition coefficient (Wildman–Crippen LogP) is 1.87. The van der Waals surface area contributed by atoms with Crippen LogP contribution in [-0.4, -0.2) is 73.6 Å². The van der Waals surface area contributed by atoms with Crippen LogP contribution in [0.1, 0.15) is 34.6 Å². The first-order valence-electron chi connectivity index (χ1n) is 13.5. The molecule has 0 aliphatic carbocycles. The monoisotopic (exact) mass is 644 g/mol. The molecule has 1 aliphatic heterocycles. The van der Waals surface area contributed by atoms with Crippen molar-refractivity contribution in [3.63, 3.8) is 0 Å². The van der Waals surface area contributed by atoms with Crippen LogP contribution < -0.4 is 19.8 Å². The number of esters is 6. The van der Waals surface area contributed by atoms with E-state index in [2.05, 4.69) is 0 Å². The van der Waals surface area contributed by atoms with Gasteiger partial charge in [0.1, 0.15) is 11.3 Å². The average Bonchev–Trinajstić information content (AvgIpc) is 2.94. The van der Waals surface area contributed by atoms with Crippen molar-refractivity contribution in [2.75, 3.05) is 7.11 Å². The molecule has 0 bridgehead atoms.